The average molecular weight is 467 g/mol. The van der Waals surface area contributed by atoms with E-state index >= 15 is 0 Å². The number of nitrogens with one attached hydrogen (secondary N) is 1. The molecule has 1 aromatic heterocycles. The molecule has 2 N–H and O–H groups in total. The number of benzene rings is 3. The summed E-state index contributed by atoms with van der Waals surface area (Å²) < 4.78 is 25.8. The number of nitriles is 1. The Kier molecular flexibility index (Phi) is 7.16. The van der Waals surface area contributed by atoms with Gasteiger partial charge in [0, 0.05) is 17.5 Å². The Labute approximate surface area is 195 Å². The van der Waals surface area contributed by atoms with Gasteiger partial charge in [-0.2, -0.15) is 5.26 Å². The highest BCUT2D eigenvalue weighted by Crippen LogP contribution is 2.36. The van der Waals surface area contributed by atoms with E-state index < -0.39 is 5.82 Å². The number of halogens is 2. The van der Waals surface area contributed by atoms with E-state index in [2.05, 4.69) is 21.4 Å². The van der Waals surface area contributed by atoms with Gasteiger partial charge in [-0.15, -0.1) is 12.4 Å². The van der Waals surface area contributed by atoms with Crippen LogP contribution in [0.25, 0.3) is 10.9 Å². The van der Waals surface area contributed by atoms with Crippen LogP contribution in [0.4, 0.5) is 15.9 Å². The molecule has 7 nitrogen and oxygen atoms in total. The molecule has 0 spiro atoms. The van der Waals surface area contributed by atoms with Gasteiger partial charge in [-0.05, 0) is 42.3 Å². The molecule has 0 saturated heterocycles. The molecular formula is C24H20ClFN4O3. The van der Waals surface area contributed by atoms with Crippen LogP contribution in [0.15, 0.2) is 54.9 Å². The van der Waals surface area contributed by atoms with E-state index in [0.717, 1.165) is 5.56 Å². The Hall–Kier alpha value is -4.09. The molecule has 168 valence electrons. The highest BCUT2D eigenvalue weighted by Gasteiger charge is 2.14. The van der Waals surface area contributed by atoms with Gasteiger partial charge in [0.2, 0.25) is 0 Å². The summed E-state index contributed by atoms with van der Waals surface area (Å²) in [6.07, 6.45) is 1.35. The van der Waals surface area contributed by atoms with E-state index in [-0.39, 0.29) is 30.5 Å². The summed E-state index contributed by atoms with van der Waals surface area (Å²) in [5, 5.41) is 22.3. The number of aromatic nitrogens is 2. The molecule has 0 aliphatic rings. The predicted molar refractivity (Wildman–Crippen MR) is 125 cm³/mol. The molecule has 0 atom stereocenters. The maximum atomic E-state index is 14.4. The number of rotatable bonds is 6. The second-order valence-electron chi connectivity index (χ2n) is 7.08. The first-order valence-corrected chi connectivity index (χ1v) is 9.69. The lowest BCUT2D eigenvalue weighted by molar-refractivity contribution is 0.285. The molecule has 33 heavy (non-hydrogen) atoms. The van der Waals surface area contributed by atoms with Crippen LogP contribution in [-0.4, -0.2) is 22.2 Å². The number of phenols is 1. The van der Waals surface area contributed by atoms with Gasteiger partial charge < -0.3 is 19.9 Å². The van der Waals surface area contributed by atoms with Gasteiger partial charge >= 0.3 is 0 Å². The predicted octanol–water partition coefficient (Wildman–Crippen LogP) is 5.41. The third-order valence-electron chi connectivity index (χ3n) is 4.94. The van der Waals surface area contributed by atoms with Crippen molar-refractivity contribution in [1.82, 2.24) is 9.97 Å². The van der Waals surface area contributed by atoms with Crippen molar-refractivity contribution < 1.29 is 19.0 Å². The first kappa shape index (κ1) is 23.6. The summed E-state index contributed by atoms with van der Waals surface area (Å²) in [5.74, 6) is 0.753. The Bertz CT molecular complexity index is 1340. The fraction of sp³-hybridized carbons (Fsp3) is 0.125. The summed E-state index contributed by atoms with van der Waals surface area (Å²) in [6, 6.07) is 15.2. The summed E-state index contributed by atoms with van der Waals surface area (Å²) >= 11 is 0. The van der Waals surface area contributed by atoms with E-state index in [9.17, 15) is 9.50 Å². The lowest BCUT2D eigenvalue weighted by Crippen LogP contribution is -2.01. The number of methoxy groups -OCH3 is 1. The van der Waals surface area contributed by atoms with Crippen LogP contribution in [0.5, 0.6) is 17.2 Å². The van der Waals surface area contributed by atoms with E-state index in [1.807, 2.05) is 12.1 Å². The van der Waals surface area contributed by atoms with Gasteiger partial charge in [0.05, 0.1) is 29.9 Å². The van der Waals surface area contributed by atoms with E-state index in [4.69, 9.17) is 14.7 Å². The van der Waals surface area contributed by atoms with Gasteiger partial charge in [-0.3, -0.25) is 0 Å². The average Bonchev–Trinajstić information content (AvgIpc) is 2.81. The minimum atomic E-state index is -0.513. The molecule has 9 heteroatoms. The van der Waals surface area contributed by atoms with Crippen molar-refractivity contribution in [2.24, 2.45) is 0 Å². The zero-order valence-electron chi connectivity index (χ0n) is 17.8. The number of ether oxygens (including phenoxy) is 2. The summed E-state index contributed by atoms with van der Waals surface area (Å²) in [4.78, 5) is 8.50. The van der Waals surface area contributed by atoms with Gasteiger partial charge in [0.15, 0.2) is 11.5 Å². The highest BCUT2D eigenvalue weighted by molar-refractivity contribution is 5.93. The molecule has 0 bridgehead atoms. The number of hydrogen-bond acceptors (Lipinski definition) is 7. The number of aryl methyl sites for hydroxylation is 1. The van der Waals surface area contributed by atoms with Crippen LogP contribution in [0.2, 0.25) is 0 Å². The van der Waals surface area contributed by atoms with Crippen molar-refractivity contribution in [3.05, 3.63) is 77.4 Å². The van der Waals surface area contributed by atoms with Crippen molar-refractivity contribution in [2.75, 3.05) is 12.4 Å². The van der Waals surface area contributed by atoms with Crippen LogP contribution in [-0.2, 0) is 6.61 Å². The van der Waals surface area contributed by atoms with Gasteiger partial charge in [0.25, 0.3) is 0 Å². The fourth-order valence-electron chi connectivity index (χ4n) is 3.16. The Morgan fingerprint density at radius 2 is 1.85 bits per heavy atom. The summed E-state index contributed by atoms with van der Waals surface area (Å²) in [7, 11) is 1.52. The lowest BCUT2D eigenvalue weighted by Gasteiger charge is -2.14. The van der Waals surface area contributed by atoms with Gasteiger partial charge in [-0.1, -0.05) is 12.1 Å². The molecule has 4 aromatic rings. The summed E-state index contributed by atoms with van der Waals surface area (Å²) in [6.45, 7) is 1.89. The van der Waals surface area contributed by atoms with Crippen LogP contribution < -0.4 is 14.8 Å². The topological polar surface area (TPSA) is 100 Å². The summed E-state index contributed by atoms with van der Waals surface area (Å²) in [5.41, 5.74) is 2.56. The minimum Gasteiger partial charge on any atom is -0.508 e. The quantitative estimate of drug-likeness (QED) is 0.392. The SMILES string of the molecule is COc1cc2c(Nc3cc(O)c(C)cc3F)ncnc2cc1OCc1ccc(C#N)cc1.Cl. The van der Waals surface area contributed by atoms with Crippen molar-refractivity contribution >= 4 is 34.8 Å². The monoisotopic (exact) mass is 466 g/mol. The molecule has 4 rings (SSSR count). The van der Waals surface area contributed by atoms with Crippen molar-refractivity contribution in [1.29, 1.82) is 5.26 Å². The molecule has 0 saturated carbocycles. The van der Waals surface area contributed by atoms with E-state index in [1.54, 1.807) is 31.2 Å². The first-order chi connectivity index (χ1) is 15.5. The first-order valence-electron chi connectivity index (χ1n) is 9.69. The molecular weight excluding hydrogens is 447 g/mol. The molecule has 0 radical (unpaired) electrons. The Balaban J connectivity index is 0.00000306. The zero-order chi connectivity index (χ0) is 22.7. The molecule has 0 unspecified atom stereocenters. The van der Waals surface area contributed by atoms with Crippen molar-refractivity contribution in [3.8, 4) is 23.3 Å². The molecule has 0 fully saturated rings. The van der Waals surface area contributed by atoms with Crippen LogP contribution >= 0.6 is 12.4 Å². The third kappa shape index (κ3) is 5.05. The molecule has 0 aliphatic heterocycles. The maximum Gasteiger partial charge on any atom is 0.163 e. The van der Waals surface area contributed by atoms with Crippen molar-refractivity contribution in [2.45, 2.75) is 13.5 Å². The number of anilines is 2. The number of fused-ring (bicyclic) bond motifs is 1. The number of hydrogen-bond donors (Lipinski definition) is 2. The minimum absolute atomic E-state index is 0. The largest absolute Gasteiger partial charge is 0.508 e. The number of nitrogens with zero attached hydrogens (tertiary/aromatic N) is 3. The fourth-order valence-corrected chi connectivity index (χ4v) is 3.16. The lowest BCUT2D eigenvalue weighted by atomic mass is 10.1. The number of aromatic hydroxyl groups is 1. The zero-order valence-corrected chi connectivity index (χ0v) is 18.6. The second kappa shape index (κ2) is 10.0. The van der Waals surface area contributed by atoms with Crippen LogP contribution in [0, 0.1) is 24.1 Å². The third-order valence-corrected chi connectivity index (χ3v) is 4.94. The highest BCUT2D eigenvalue weighted by atomic mass is 35.5. The Morgan fingerprint density at radius 1 is 1.09 bits per heavy atom. The molecule has 0 aliphatic carbocycles. The normalized spacial score (nSPS) is 10.2. The molecule has 0 amide bonds. The molecule has 3 aromatic carbocycles. The van der Waals surface area contributed by atoms with Crippen molar-refractivity contribution in [3.63, 3.8) is 0 Å². The second-order valence-corrected chi connectivity index (χ2v) is 7.08. The molecule has 1 heterocycles. The van der Waals surface area contributed by atoms with E-state index in [0.29, 0.717) is 39.3 Å². The standard InChI is InChI=1S/C24H19FN4O3.ClH/c1-14-7-18(25)20(9-21(14)30)29-24-17-8-22(31-2)23(10-19(17)27-13-28-24)32-12-16-5-3-15(11-26)4-6-16;/h3-10,13,30H,12H2,1-2H3,(H,27,28,29);1H. The van der Waals surface area contributed by atoms with Gasteiger partial charge in [0.1, 0.15) is 30.3 Å². The Morgan fingerprint density at radius 3 is 2.55 bits per heavy atom. The number of phenolic OH excluding ortho intramolecular Hbond substituents is 1. The van der Waals surface area contributed by atoms with Crippen LogP contribution in [0.3, 0.4) is 0 Å². The van der Waals surface area contributed by atoms with Crippen LogP contribution in [0.1, 0.15) is 16.7 Å². The van der Waals surface area contributed by atoms with Gasteiger partial charge in [-0.25, -0.2) is 14.4 Å². The maximum absolute atomic E-state index is 14.4. The van der Waals surface area contributed by atoms with E-state index in [1.165, 1.54) is 25.6 Å². The smallest absolute Gasteiger partial charge is 0.163 e.